The maximum absolute atomic E-state index is 12.5. The molecule has 2 unspecified atom stereocenters. The molecule has 2 atom stereocenters. The first-order chi connectivity index (χ1) is 35.5. The second-order valence-corrected chi connectivity index (χ2v) is 22.1. The fraction of sp³-hybridized carbons (Fsp3) is 0.879. The lowest BCUT2D eigenvalue weighted by Crippen LogP contribution is -2.45. The fourth-order valence-corrected chi connectivity index (χ4v) is 10.0. The number of allylic oxidation sites excluding steroid dienone is 4. The molecule has 72 heavy (non-hydrogen) atoms. The third kappa shape index (κ3) is 57.4. The lowest BCUT2D eigenvalue weighted by molar-refractivity contribution is -0.143. The Balaban J connectivity index is 3.45. The van der Waals surface area contributed by atoms with Gasteiger partial charge in [-0.1, -0.05) is 320 Å². The Morgan fingerprint density at radius 1 is 0.389 bits per heavy atom. The molecule has 0 bridgehead atoms. The van der Waals surface area contributed by atoms with Crippen LogP contribution in [0.25, 0.3) is 0 Å². The first-order valence-corrected chi connectivity index (χ1v) is 32.3. The van der Waals surface area contributed by atoms with Crippen molar-refractivity contribution in [3.8, 4) is 0 Å². The van der Waals surface area contributed by atoms with Crippen molar-refractivity contribution in [1.82, 2.24) is 5.32 Å². The van der Waals surface area contributed by atoms with E-state index < -0.39 is 12.1 Å². The number of ether oxygens (including phenoxy) is 1. The van der Waals surface area contributed by atoms with Gasteiger partial charge in [0.15, 0.2) is 0 Å². The molecule has 0 aromatic heterocycles. The maximum Gasteiger partial charge on any atom is 0.305 e. The summed E-state index contributed by atoms with van der Waals surface area (Å²) < 4.78 is 5.44. The molecule has 0 aliphatic heterocycles. The van der Waals surface area contributed by atoms with Crippen LogP contribution in [0.4, 0.5) is 0 Å². The van der Waals surface area contributed by atoms with E-state index in [9.17, 15) is 19.8 Å². The number of rotatable bonds is 60. The molecule has 0 saturated carbocycles. The fourth-order valence-electron chi connectivity index (χ4n) is 10.0. The zero-order valence-corrected chi connectivity index (χ0v) is 48.4. The standard InChI is InChI=1S/C66H125NO5/c1-3-5-7-9-11-13-15-17-19-21-28-32-36-40-44-48-52-56-60-66(71)72-61-57-53-49-45-41-37-33-29-26-24-22-23-25-27-31-35-39-43-47-51-55-59-65(70)67-63(62-68)64(69)58-54-50-46-42-38-34-30-20-18-16-14-12-10-8-6-4-2/h37,41,49,53-54,58,63-64,68-69H,3-36,38-40,42-48,50-52,55-57,59-62H2,1-2H3,(H,67,70)/b41-37-,53-49-,58-54+. The zero-order chi connectivity index (χ0) is 52.2. The SMILES string of the molecule is CCCCCCCCCCCCCCCC/C=C/C(O)C(CO)NC(=O)CCCCCCCCCCCCCCCC/C=C\C/C=C\CCOC(=O)CCCCCCCCCCCCCCCCCCCC. The highest BCUT2D eigenvalue weighted by molar-refractivity contribution is 5.76. The van der Waals surface area contributed by atoms with Crippen molar-refractivity contribution in [3.63, 3.8) is 0 Å². The number of aliphatic hydroxyl groups excluding tert-OH is 2. The second kappa shape index (κ2) is 61.6. The van der Waals surface area contributed by atoms with Gasteiger partial charge in [-0.15, -0.1) is 0 Å². The van der Waals surface area contributed by atoms with Gasteiger partial charge in [0.1, 0.15) is 0 Å². The molecule has 0 aromatic rings. The molecule has 6 nitrogen and oxygen atoms in total. The summed E-state index contributed by atoms with van der Waals surface area (Å²) in [6.45, 7) is 4.82. The third-order valence-electron chi connectivity index (χ3n) is 14.9. The third-order valence-corrected chi connectivity index (χ3v) is 14.9. The molecule has 0 heterocycles. The summed E-state index contributed by atoms with van der Waals surface area (Å²) in [5.74, 6) is -0.102. The molecule has 0 saturated heterocycles. The van der Waals surface area contributed by atoms with E-state index in [1.54, 1.807) is 6.08 Å². The van der Waals surface area contributed by atoms with Crippen molar-refractivity contribution in [3.05, 3.63) is 36.5 Å². The Labute approximate surface area is 449 Å². The quantitative estimate of drug-likeness (QED) is 0.0320. The number of nitrogens with one attached hydrogen (secondary N) is 1. The Morgan fingerprint density at radius 3 is 1.06 bits per heavy atom. The van der Waals surface area contributed by atoms with E-state index in [1.807, 2.05) is 6.08 Å². The smallest absolute Gasteiger partial charge is 0.305 e. The van der Waals surface area contributed by atoms with Crippen molar-refractivity contribution in [1.29, 1.82) is 0 Å². The summed E-state index contributed by atoms with van der Waals surface area (Å²) in [4.78, 5) is 24.5. The lowest BCUT2D eigenvalue weighted by Gasteiger charge is -2.20. The van der Waals surface area contributed by atoms with Gasteiger partial charge in [-0.2, -0.15) is 0 Å². The summed E-state index contributed by atoms with van der Waals surface area (Å²) in [7, 11) is 0. The minimum absolute atomic E-state index is 0.0312. The predicted molar refractivity (Wildman–Crippen MR) is 315 cm³/mol. The molecule has 6 heteroatoms. The molecular formula is C66H125NO5. The number of hydrogen-bond donors (Lipinski definition) is 3. The van der Waals surface area contributed by atoms with Crippen LogP contribution in [-0.2, 0) is 14.3 Å². The maximum atomic E-state index is 12.5. The van der Waals surface area contributed by atoms with E-state index in [-0.39, 0.29) is 18.5 Å². The summed E-state index contributed by atoms with van der Waals surface area (Å²) in [5, 5.41) is 23.1. The van der Waals surface area contributed by atoms with Gasteiger partial charge in [0, 0.05) is 12.8 Å². The summed E-state index contributed by atoms with van der Waals surface area (Å²) in [5.41, 5.74) is 0. The number of amides is 1. The second-order valence-electron chi connectivity index (χ2n) is 22.1. The number of carbonyl (C=O) groups excluding carboxylic acids is 2. The highest BCUT2D eigenvalue weighted by Gasteiger charge is 2.18. The zero-order valence-electron chi connectivity index (χ0n) is 48.4. The summed E-state index contributed by atoms with van der Waals surface area (Å²) >= 11 is 0. The topological polar surface area (TPSA) is 95.9 Å². The van der Waals surface area contributed by atoms with Gasteiger partial charge in [-0.25, -0.2) is 0 Å². The van der Waals surface area contributed by atoms with Crippen molar-refractivity contribution in [2.75, 3.05) is 13.2 Å². The normalized spacial score (nSPS) is 12.8. The Hall–Kier alpha value is -1.92. The van der Waals surface area contributed by atoms with Crippen molar-refractivity contribution in [2.45, 2.75) is 360 Å². The Kier molecular flexibility index (Phi) is 60.0. The van der Waals surface area contributed by atoms with Gasteiger partial charge in [0.25, 0.3) is 0 Å². The average Bonchev–Trinajstić information content (AvgIpc) is 3.38. The molecular weight excluding hydrogens is 887 g/mol. The van der Waals surface area contributed by atoms with Crippen molar-refractivity contribution < 1.29 is 24.5 Å². The predicted octanol–water partition coefficient (Wildman–Crippen LogP) is 20.4. The molecule has 0 spiro atoms. The van der Waals surface area contributed by atoms with Crippen LogP contribution in [0.5, 0.6) is 0 Å². The van der Waals surface area contributed by atoms with E-state index in [0.29, 0.717) is 19.4 Å². The van der Waals surface area contributed by atoms with Gasteiger partial charge in [0.05, 0.1) is 25.4 Å². The van der Waals surface area contributed by atoms with E-state index >= 15 is 0 Å². The van der Waals surface area contributed by atoms with Crippen LogP contribution >= 0.6 is 0 Å². The molecule has 0 aromatic carbocycles. The summed E-state index contributed by atoms with van der Waals surface area (Å²) in [6.07, 6.45) is 77.8. The molecule has 424 valence electrons. The van der Waals surface area contributed by atoms with Crippen LogP contribution in [0.1, 0.15) is 348 Å². The largest absolute Gasteiger partial charge is 0.465 e. The number of esters is 1. The average molecular weight is 1010 g/mol. The van der Waals surface area contributed by atoms with E-state index in [4.69, 9.17) is 4.74 Å². The molecule has 3 N–H and O–H groups in total. The van der Waals surface area contributed by atoms with Crippen molar-refractivity contribution in [2.24, 2.45) is 0 Å². The monoisotopic (exact) mass is 1010 g/mol. The van der Waals surface area contributed by atoms with Crippen LogP contribution in [0.2, 0.25) is 0 Å². The highest BCUT2D eigenvalue weighted by atomic mass is 16.5. The minimum atomic E-state index is -0.848. The van der Waals surface area contributed by atoms with E-state index in [0.717, 1.165) is 51.4 Å². The molecule has 0 rings (SSSR count). The molecule has 0 aliphatic rings. The summed E-state index contributed by atoms with van der Waals surface area (Å²) in [6, 6.07) is -0.632. The van der Waals surface area contributed by atoms with Gasteiger partial charge in [0.2, 0.25) is 5.91 Å². The number of unbranched alkanes of at least 4 members (excludes halogenated alkanes) is 45. The number of aliphatic hydroxyl groups is 2. The molecule has 0 radical (unpaired) electrons. The van der Waals surface area contributed by atoms with Crippen LogP contribution in [0.15, 0.2) is 36.5 Å². The van der Waals surface area contributed by atoms with Crippen LogP contribution in [-0.4, -0.2) is 47.4 Å². The first-order valence-electron chi connectivity index (χ1n) is 32.3. The Morgan fingerprint density at radius 2 is 0.694 bits per heavy atom. The van der Waals surface area contributed by atoms with E-state index in [1.165, 1.54) is 270 Å². The molecule has 0 fully saturated rings. The first kappa shape index (κ1) is 70.1. The highest BCUT2D eigenvalue weighted by Crippen LogP contribution is 2.18. The molecule has 0 aliphatic carbocycles. The van der Waals surface area contributed by atoms with Gasteiger partial charge in [-0.3, -0.25) is 9.59 Å². The van der Waals surface area contributed by atoms with Gasteiger partial charge in [-0.05, 0) is 51.4 Å². The van der Waals surface area contributed by atoms with Crippen LogP contribution < -0.4 is 5.32 Å². The Bertz CT molecular complexity index is 1170. The number of carbonyl (C=O) groups is 2. The van der Waals surface area contributed by atoms with Gasteiger partial charge >= 0.3 is 5.97 Å². The van der Waals surface area contributed by atoms with Crippen LogP contribution in [0.3, 0.4) is 0 Å². The van der Waals surface area contributed by atoms with Gasteiger partial charge < -0.3 is 20.3 Å². The minimum Gasteiger partial charge on any atom is -0.465 e. The molecule has 1 amide bonds. The van der Waals surface area contributed by atoms with E-state index in [2.05, 4.69) is 43.5 Å². The van der Waals surface area contributed by atoms with Crippen molar-refractivity contribution >= 4 is 11.9 Å². The lowest BCUT2D eigenvalue weighted by atomic mass is 10.0. The van der Waals surface area contributed by atoms with Crippen LogP contribution in [0, 0.1) is 0 Å². The number of hydrogen-bond acceptors (Lipinski definition) is 5.